The van der Waals surface area contributed by atoms with E-state index in [1.54, 1.807) is 27.5 Å². The summed E-state index contributed by atoms with van der Waals surface area (Å²) in [7, 11) is 0. The molecule has 0 N–H and O–H groups in total. The van der Waals surface area contributed by atoms with Gasteiger partial charge in [-0.1, -0.05) is 0 Å². The standard InChI is InChI=1S/C11H10F3IN2O3/c12-11(13,14)20-9-6-7(15)5-8(17(18)19)10(9)16-3-1-2-4-16/h5-6H,1-4H2. The predicted molar refractivity (Wildman–Crippen MR) is 73.9 cm³/mol. The van der Waals surface area contributed by atoms with E-state index >= 15 is 0 Å². The molecule has 5 nitrogen and oxygen atoms in total. The maximum atomic E-state index is 12.5. The molecular formula is C11H10F3IN2O3. The Bertz CT molecular complexity index is 530. The Balaban J connectivity index is 2.54. The van der Waals surface area contributed by atoms with Crippen molar-refractivity contribution in [1.82, 2.24) is 0 Å². The number of hydrogen-bond acceptors (Lipinski definition) is 4. The van der Waals surface area contributed by atoms with Crippen LogP contribution in [0.4, 0.5) is 24.5 Å². The Hall–Kier alpha value is -1.26. The van der Waals surface area contributed by atoms with Gasteiger partial charge in [0.25, 0.3) is 5.69 Å². The molecule has 0 spiro atoms. The molecule has 110 valence electrons. The summed E-state index contributed by atoms with van der Waals surface area (Å²) in [6, 6.07) is 2.41. The molecule has 0 radical (unpaired) electrons. The van der Waals surface area contributed by atoms with E-state index in [0.29, 0.717) is 16.7 Å². The van der Waals surface area contributed by atoms with E-state index in [9.17, 15) is 23.3 Å². The summed E-state index contributed by atoms with van der Waals surface area (Å²) in [6.45, 7) is 0.964. The van der Waals surface area contributed by atoms with Gasteiger partial charge >= 0.3 is 6.36 Å². The zero-order chi connectivity index (χ0) is 14.9. The summed E-state index contributed by atoms with van der Waals surface area (Å²) in [4.78, 5) is 12.0. The maximum absolute atomic E-state index is 12.5. The van der Waals surface area contributed by atoms with E-state index in [-0.39, 0.29) is 11.4 Å². The minimum absolute atomic E-state index is 0.0924. The molecule has 1 aromatic carbocycles. The molecule has 0 unspecified atom stereocenters. The summed E-state index contributed by atoms with van der Waals surface area (Å²) in [5.74, 6) is -0.516. The minimum atomic E-state index is -4.88. The summed E-state index contributed by atoms with van der Waals surface area (Å²) in [6.07, 6.45) is -3.31. The number of benzene rings is 1. The number of nitro groups is 1. The van der Waals surface area contributed by atoms with Crippen molar-refractivity contribution in [1.29, 1.82) is 0 Å². The van der Waals surface area contributed by atoms with E-state index in [4.69, 9.17) is 0 Å². The third-order valence-electron chi connectivity index (χ3n) is 2.86. The lowest BCUT2D eigenvalue weighted by molar-refractivity contribution is -0.384. The van der Waals surface area contributed by atoms with Gasteiger partial charge in [-0.2, -0.15) is 0 Å². The molecule has 0 atom stereocenters. The van der Waals surface area contributed by atoms with Crippen molar-refractivity contribution in [3.8, 4) is 5.75 Å². The smallest absolute Gasteiger partial charge is 0.403 e. The van der Waals surface area contributed by atoms with Crippen molar-refractivity contribution in [2.75, 3.05) is 18.0 Å². The summed E-state index contributed by atoms with van der Waals surface area (Å²) in [5, 5.41) is 11.1. The van der Waals surface area contributed by atoms with E-state index in [1.807, 2.05) is 0 Å². The van der Waals surface area contributed by atoms with Crippen LogP contribution in [0.15, 0.2) is 12.1 Å². The molecule has 0 aliphatic carbocycles. The second kappa shape index (κ2) is 5.62. The normalized spacial score (nSPS) is 15.5. The molecule has 1 heterocycles. The van der Waals surface area contributed by atoms with Gasteiger partial charge in [0.2, 0.25) is 0 Å². The molecule has 1 fully saturated rings. The number of rotatable bonds is 3. The van der Waals surface area contributed by atoms with Crippen LogP contribution < -0.4 is 9.64 Å². The molecule has 0 aromatic heterocycles. The first-order valence-electron chi connectivity index (χ1n) is 5.76. The molecule has 9 heteroatoms. The van der Waals surface area contributed by atoms with E-state index in [0.717, 1.165) is 18.9 Å². The Labute approximate surface area is 126 Å². The van der Waals surface area contributed by atoms with Crippen LogP contribution in [0.25, 0.3) is 0 Å². The SMILES string of the molecule is O=[N+]([O-])c1cc(I)cc(OC(F)(F)F)c1N1CCCC1. The lowest BCUT2D eigenvalue weighted by Crippen LogP contribution is -2.23. The van der Waals surface area contributed by atoms with Crippen LogP contribution >= 0.6 is 22.6 Å². The van der Waals surface area contributed by atoms with Gasteiger partial charge in [0, 0.05) is 22.7 Å². The molecular weight excluding hydrogens is 392 g/mol. The first-order chi connectivity index (χ1) is 9.28. The van der Waals surface area contributed by atoms with Crippen molar-refractivity contribution in [3.05, 3.63) is 25.8 Å². The monoisotopic (exact) mass is 402 g/mol. The van der Waals surface area contributed by atoms with Crippen LogP contribution in [0.2, 0.25) is 0 Å². The second-order valence-electron chi connectivity index (χ2n) is 4.27. The van der Waals surface area contributed by atoms with Crippen molar-refractivity contribution in [3.63, 3.8) is 0 Å². The molecule has 1 aliphatic heterocycles. The number of alkyl halides is 3. The van der Waals surface area contributed by atoms with Crippen molar-refractivity contribution >= 4 is 34.0 Å². The highest BCUT2D eigenvalue weighted by Crippen LogP contribution is 2.42. The predicted octanol–water partition coefficient (Wildman–Crippen LogP) is 3.70. The first-order valence-corrected chi connectivity index (χ1v) is 6.84. The van der Waals surface area contributed by atoms with Gasteiger partial charge in [0.05, 0.1) is 4.92 Å². The highest BCUT2D eigenvalue weighted by atomic mass is 127. The zero-order valence-corrected chi connectivity index (χ0v) is 12.3. The first kappa shape index (κ1) is 15.1. The average Bonchev–Trinajstić information content (AvgIpc) is 2.78. The second-order valence-corrected chi connectivity index (χ2v) is 5.52. The third kappa shape index (κ3) is 3.44. The molecule has 1 aliphatic rings. The Morgan fingerprint density at radius 1 is 1.30 bits per heavy atom. The molecule has 2 rings (SSSR count). The van der Waals surface area contributed by atoms with Gasteiger partial charge in [-0.25, -0.2) is 0 Å². The highest BCUT2D eigenvalue weighted by molar-refractivity contribution is 14.1. The van der Waals surface area contributed by atoms with E-state index < -0.39 is 17.0 Å². The van der Waals surface area contributed by atoms with Gasteiger partial charge in [-0.3, -0.25) is 10.1 Å². The quantitative estimate of drug-likeness (QED) is 0.440. The number of halogens is 4. The fraction of sp³-hybridized carbons (Fsp3) is 0.455. The summed E-state index contributed by atoms with van der Waals surface area (Å²) < 4.78 is 41.7. The lowest BCUT2D eigenvalue weighted by atomic mass is 10.2. The Morgan fingerprint density at radius 3 is 2.40 bits per heavy atom. The van der Waals surface area contributed by atoms with Crippen LogP contribution in [0, 0.1) is 13.7 Å². The topological polar surface area (TPSA) is 55.6 Å². The molecule has 0 bridgehead atoms. The highest BCUT2D eigenvalue weighted by Gasteiger charge is 2.36. The number of nitro benzene ring substituents is 1. The zero-order valence-electron chi connectivity index (χ0n) is 10.1. The number of anilines is 1. The third-order valence-corrected chi connectivity index (χ3v) is 3.49. The molecule has 0 amide bonds. The summed E-state index contributed by atoms with van der Waals surface area (Å²) in [5.41, 5.74) is -0.455. The van der Waals surface area contributed by atoms with Crippen LogP contribution in [0.5, 0.6) is 5.75 Å². The van der Waals surface area contributed by atoms with E-state index in [2.05, 4.69) is 4.74 Å². The summed E-state index contributed by atoms with van der Waals surface area (Å²) >= 11 is 1.73. The van der Waals surface area contributed by atoms with E-state index in [1.165, 1.54) is 6.07 Å². The van der Waals surface area contributed by atoms with Crippen molar-refractivity contribution in [2.24, 2.45) is 0 Å². The molecule has 20 heavy (non-hydrogen) atoms. The Morgan fingerprint density at radius 2 is 1.90 bits per heavy atom. The largest absolute Gasteiger partial charge is 0.573 e. The Kier molecular flexibility index (Phi) is 4.25. The minimum Gasteiger partial charge on any atom is -0.403 e. The van der Waals surface area contributed by atoms with Gasteiger partial charge in [-0.05, 0) is 41.5 Å². The lowest BCUT2D eigenvalue weighted by Gasteiger charge is -2.21. The average molecular weight is 402 g/mol. The van der Waals surface area contributed by atoms with Crippen molar-refractivity contribution in [2.45, 2.75) is 19.2 Å². The van der Waals surface area contributed by atoms with Gasteiger partial charge in [-0.15, -0.1) is 13.2 Å². The van der Waals surface area contributed by atoms with Crippen LogP contribution in [-0.4, -0.2) is 24.4 Å². The van der Waals surface area contributed by atoms with Gasteiger partial charge in [0.1, 0.15) is 0 Å². The van der Waals surface area contributed by atoms with Crippen LogP contribution in [0.1, 0.15) is 12.8 Å². The maximum Gasteiger partial charge on any atom is 0.573 e. The number of nitrogens with zero attached hydrogens (tertiary/aromatic N) is 2. The number of ether oxygens (including phenoxy) is 1. The number of hydrogen-bond donors (Lipinski definition) is 0. The van der Waals surface area contributed by atoms with Gasteiger partial charge < -0.3 is 9.64 Å². The fourth-order valence-electron chi connectivity index (χ4n) is 2.16. The fourth-order valence-corrected chi connectivity index (χ4v) is 2.74. The van der Waals surface area contributed by atoms with Crippen molar-refractivity contribution < 1.29 is 22.8 Å². The van der Waals surface area contributed by atoms with Gasteiger partial charge in [0.15, 0.2) is 11.4 Å². The molecule has 0 saturated carbocycles. The molecule has 1 aromatic rings. The van der Waals surface area contributed by atoms with Crippen LogP contribution in [-0.2, 0) is 0 Å². The van der Waals surface area contributed by atoms with Crippen LogP contribution in [0.3, 0.4) is 0 Å². The molecule has 1 saturated heterocycles.